The van der Waals surface area contributed by atoms with Crippen LogP contribution < -0.4 is 26.5 Å². The van der Waals surface area contributed by atoms with Crippen molar-refractivity contribution in [2.75, 3.05) is 18.1 Å². The summed E-state index contributed by atoms with van der Waals surface area (Å²) in [4.78, 5) is 30.9. The van der Waals surface area contributed by atoms with Gasteiger partial charge >= 0.3 is 5.97 Å². The third-order valence-electron chi connectivity index (χ3n) is 5.84. The van der Waals surface area contributed by atoms with Gasteiger partial charge in [-0.05, 0) is 49.4 Å². The van der Waals surface area contributed by atoms with Gasteiger partial charge in [-0.3, -0.25) is 4.79 Å². The van der Waals surface area contributed by atoms with Gasteiger partial charge in [0.25, 0.3) is 0 Å². The van der Waals surface area contributed by atoms with Crippen LogP contribution in [-0.4, -0.2) is 39.8 Å². The Morgan fingerprint density at radius 1 is 1.29 bits per heavy atom. The van der Waals surface area contributed by atoms with Crippen molar-refractivity contribution < 1.29 is 14.6 Å². The maximum atomic E-state index is 12.9. The number of hydrogen-bond donors (Lipinski definition) is 3. The van der Waals surface area contributed by atoms with Crippen LogP contribution in [0.1, 0.15) is 23.2 Å². The molecule has 0 amide bonds. The number of ether oxygens (including phenoxy) is 1. The summed E-state index contributed by atoms with van der Waals surface area (Å²) in [7, 11) is 0. The SMILES string of the molecule is N/C=C\C(=C/N)n1cc(C(=O)O)c(=O)c2cc(Cl)c(N3CCCC3COc3ncccc3Cl)cc21. The molecule has 1 aliphatic rings. The molecule has 1 atom stereocenters. The zero-order valence-corrected chi connectivity index (χ0v) is 20.0. The molecule has 1 fully saturated rings. The van der Waals surface area contributed by atoms with Crippen molar-refractivity contribution in [3.8, 4) is 5.88 Å². The molecule has 11 heteroatoms. The Hall–Kier alpha value is -3.69. The normalized spacial score (nSPS) is 16.3. The molecule has 1 saturated heterocycles. The molecular weight excluding hydrogens is 493 g/mol. The van der Waals surface area contributed by atoms with E-state index in [1.54, 1.807) is 24.4 Å². The van der Waals surface area contributed by atoms with Crippen molar-refractivity contribution in [1.29, 1.82) is 0 Å². The quantitative estimate of drug-likeness (QED) is 0.405. The van der Waals surface area contributed by atoms with Gasteiger partial charge in [-0.2, -0.15) is 0 Å². The zero-order valence-electron chi connectivity index (χ0n) is 18.5. The van der Waals surface area contributed by atoms with Gasteiger partial charge in [-0.1, -0.05) is 23.2 Å². The minimum atomic E-state index is -1.36. The predicted octanol–water partition coefficient (Wildman–Crippen LogP) is 3.68. The van der Waals surface area contributed by atoms with E-state index in [2.05, 4.69) is 9.88 Å². The van der Waals surface area contributed by atoms with Crippen LogP contribution in [0, 0.1) is 0 Å². The second-order valence-corrected chi connectivity index (χ2v) is 8.72. The van der Waals surface area contributed by atoms with E-state index in [0.29, 0.717) is 39.4 Å². The molecule has 0 radical (unpaired) electrons. The zero-order chi connectivity index (χ0) is 25.1. The third kappa shape index (κ3) is 4.78. The van der Waals surface area contributed by atoms with Crippen LogP contribution in [0.3, 0.4) is 0 Å². The molecule has 1 aliphatic heterocycles. The van der Waals surface area contributed by atoms with E-state index in [-0.39, 0.29) is 11.4 Å². The van der Waals surface area contributed by atoms with Crippen LogP contribution in [0.2, 0.25) is 10.0 Å². The highest BCUT2D eigenvalue weighted by Gasteiger charge is 2.28. The number of fused-ring (bicyclic) bond motifs is 1. The molecule has 1 unspecified atom stereocenters. The highest BCUT2D eigenvalue weighted by Crippen LogP contribution is 2.36. The Bertz CT molecular complexity index is 1400. The first-order chi connectivity index (χ1) is 16.8. The number of hydrogen-bond acceptors (Lipinski definition) is 7. The number of carbonyl (C=O) groups is 1. The number of anilines is 1. The van der Waals surface area contributed by atoms with Crippen LogP contribution in [0.5, 0.6) is 5.88 Å². The lowest BCUT2D eigenvalue weighted by atomic mass is 10.1. The fraction of sp³-hybridized carbons (Fsp3) is 0.208. The first-order valence-corrected chi connectivity index (χ1v) is 11.5. The number of allylic oxidation sites excluding steroid dienone is 2. The molecule has 0 spiro atoms. The number of aromatic nitrogens is 2. The number of halogens is 2. The summed E-state index contributed by atoms with van der Waals surface area (Å²) < 4.78 is 7.39. The fourth-order valence-electron chi connectivity index (χ4n) is 4.21. The second kappa shape index (κ2) is 10.3. The standard InChI is InChI=1S/C24H23Cl2N5O4/c25-18-4-1-7-29-23(18)35-13-15-3-2-8-30(15)21-10-20-16(9-19(21)26)22(32)17(24(33)34)12-31(20)14(11-28)5-6-27/h1,4-7,9-12,15H,2-3,8,13,27-28H2,(H,33,34)/b6-5-,14-11+. The van der Waals surface area contributed by atoms with E-state index in [1.807, 2.05) is 0 Å². The lowest BCUT2D eigenvalue weighted by Crippen LogP contribution is -2.34. The van der Waals surface area contributed by atoms with Gasteiger partial charge in [0.1, 0.15) is 17.2 Å². The summed E-state index contributed by atoms with van der Waals surface area (Å²) in [6.45, 7) is 1.05. The number of nitrogens with zero attached hydrogens (tertiary/aromatic N) is 3. The van der Waals surface area contributed by atoms with Crippen LogP contribution in [0.15, 0.2) is 59.9 Å². The van der Waals surface area contributed by atoms with E-state index in [9.17, 15) is 14.7 Å². The number of carboxylic acid groups (broad SMARTS) is 1. The first kappa shape index (κ1) is 24.4. The molecule has 0 bridgehead atoms. The summed E-state index contributed by atoms with van der Waals surface area (Å²) in [5.74, 6) is -1.00. The molecule has 5 N–H and O–H groups in total. The van der Waals surface area contributed by atoms with Gasteiger partial charge in [0, 0.05) is 30.5 Å². The average Bonchev–Trinajstić information content (AvgIpc) is 3.30. The Labute approximate surface area is 210 Å². The predicted molar refractivity (Wildman–Crippen MR) is 137 cm³/mol. The van der Waals surface area contributed by atoms with Crippen LogP contribution in [0.4, 0.5) is 5.69 Å². The van der Waals surface area contributed by atoms with E-state index >= 15 is 0 Å². The number of nitrogens with two attached hydrogens (primary N) is 2. The highest BCUT2D eigenvalue weighted by molar-refractivity contribution is 6.34. The minimum absolute atomic E-state index is 0.0186. The molecule has 182 valence electrons. The summed E-state index contributed by atoms with van der Waals surface area (Å²) in [5.41, 5.74) is 11.8. The Morgan fingerprint density at radius 2 is 2.09 bits per heavy atom. The molecule has 3 heterocycles. The van der Waals surface area contributed by atoms with Gasteiger partial charge in [0.05, 0.1) is 28.0 Å². The van der Waals surface area contributed by atoms with Crippen molar-refractivity contribution in [3.63, 3.8) is 0 Å². The van der Waals surface area contributed by atoms with Gasteiger partial charge in [0.15, 0.2) is 0 Å². The Kier molecular flexibility index (Phi) is 7.18. The lowest BCUT2D eigenvalue weighted by Gasteiger charge is -2.28. The Balaban J connectivity index is 1.80. The molecule has 9 nitrogen and oxygen atoms in total. The second-order valence-electron chi connectivity index (χ2n) is 7.91. The first-order valence-electron chi connectivity index (χ1n) is 10.8. The van der Waals surface area contributed by atoms with Crippen molar-refractivity contribution in [1.82, 2.24) is 9.55 Å². The third-order valence-corrected chi connectivity index (χ3v) is 6.43. The van der Waals surface area contributed by atoms with Crippen LogP contribution >= 0.6 is 23.2 Å². The van der Waals surface area contributed by atoms with Gasteiger partial charge in [-0.25, -0.2) is 9.78 Å². The molecule has 3 aromatic rings. The molecule has 4 rings (SSSR count). The topological polar surface area (TPSA) is 137 Å². The smallest absolute Gasteiger partial charge is 0.341 e. The van der Waals surface area contributed by atoms with Gasteiger partial charge in [-0.15, -0.1) is 0 Å². The Morgan fingerprint density at radius 3 is 2.77 bits per heavy atom. The van der Waals surface area contributed by atoms with Crippen molar-refractivity contribution in [2.45, 2.75) is 18.9 Å². The fourth-order valence-corrected chi connectivity index (χ4v) is 4.66. The van der Waals surface area contributed by atoms with Gasteiger partial charge in [0.2, 0.25) is 11.3 Å². The number of pyridine rings is 2. The summed E-state index contributed by atoms with van der Waals surface area (Å²) >= 11 is 12.8. The van der Waals surface area contributed by atoms with Gasteiger partial charge < -0.3 is 30.8 Å². The maximum Gasteiger partial charge on any atom is 0.341 e. The molecular formula is C24H23Cl2N5O4. The van der Waals surface area contributed by atoms with Crippen LogP contribution in [0.25, 0.3) is 16.6 Å². The molecule has 2 aromatic heterocycles. The molecule has 1 aromatic carbocycles. The van der Waals surface area contributed by atoms with Crippen molar-refractivity contribution in [3.05, 3.63) is 81.0 Å². The number of aromatic carboxylic acids is 1. The summed E-state index contributed by atoms with van der Waals surface area (Å²) in [5, 5.41) is 10.5. The molecule has 0 saturated carbocycles. The van der Waals surface area contributed by atoms with E-state index in [0.717, 1.165) is 19.4 Å². The number of carboxylic acids is 1. The number of benzene rings is 1. The van der Waals surface area contributed by atoms with Crippen molar-refractivity contribution >= 4 is 51.5 Å². The largest absolute Gasteiger partial charge is 0.477 e. The monoisotopic (exact) mass is 515 g/mol. The summed E-state index contributed by atoms with van der Waals surface area (Å²) in [6, 6.07) is 6.66. The molecule has 35 heavy (non-hydrogen) atoms. The van der Waals surface area contributed by atoms with E-state index in [4.69, 9.17) is 39.4 Å². The average molecular weight is 516 g/mol. The molecule has 0 aliphatic carbocycles. The van der Waals surface area contributed by atoms with E-state index < -0.39 is 17.0 Å². The number of rotatable bonds is 7. The minimum Gasteiger partial charge on any atom is -0.477 e. The lowest BCUT2D eigenvalue weighted by molar-refractivity contribution is 0.0695. The maximum absolute atomic E-state index is 12.9. The van der Waals surface area contributed by atoms with E-state index in [1.165, 1.54) is 35.3 Å². The van der Waals surface area contributed by atoms with Crippen LogP contribution in [-0.2, 0) is 0 Å². The summed E-state index contributed by atoms with van der Waals surface area (Å²) in [6.07, 6.45) is 8.66. The highest BCUT2D eigenvalue weighted by atomic mass is 35.5. The van der Waals surface area contributed by atoms with Crippen molar-refractivity contribution in [2.24, 2.45) is 11.5 Å².